The molecule has 2 rings (SSSR count). The van der Waals surface area contributed by atoms with E-state index in [1.807, 2.05) is 31.2 Å². The van der Waals surface area contributed by atoms with Crippen molar-refractivity contribution < 1.29 is 14.6 Å². The second kappa shape index (κ2) is 6.21. The first-order chi connectivity index (χ1) is 8.72. The highest BCUT2D eigenvalue weighted by Gasteiger charge is 2.31. The number of aliphatic hydroxyl groups excluding tert-OH is 1. The van der Waals surface area contributed by atoms with Gasteiger partial charge < -0.3 is 14.6 Å². The van der Waals surface area contributed by atoms with E-state index in [-0.39, 0.29) is 12.0 Å². The van der Waals surface area contributed by atoms with Gasteiger partial charge in [0, 0.05) is 12.5 Å². The number of hydrogen-bond acceptors (Lipinski definition) is 3. The molecule has 1 aromatic carbocycles. The zero-order chi connectivity index (χ0) is 13.0. The first-order valence-electron chi connectivity index (χ1n) is 6.74. The Morgan fingerprint density at radius 1 is 1.39 bits per heavy atom. The Hall–Kier alpha value is -1.06. The molecule has 1 saturated heterocycles. The summed E-state index contributed by atoms with van der Waals surface area (Å²) in [5, 5.41) is 10.3. The standard InChI is InChI=1S/C15H22O3/c1-3-9-18-13-6-4-12(5-7-13)15(16)14-8-10-17-11(14)2/h4-7,11,14-16H,3,8-10H2,1-2H3. The molecule has 0 aromatic heterocycles. The lowest BCUT2D eigenvalue weighted by Gasteiger charge is -2.21. The molecule has 0 aliphatic carbocycles. The molecule has 100 valence electrons. The minimum atomic E-state index is -0.442. The Morgan fingerprint density at radius 2 is 2.11 bits per heavy atom. The molecule has 1 aliphatic heterocycles. The topological polar surface area (TPSA) is 38.7 Å². The molecule has 1 N–H and O–H groups in total. The summed E-state index contributed by atoms with van der Waals surface area (Å²) < 4.78 is 11.0. The van der Waals surface area contributed by atoms with E-state index >= 15 is 0 Å². The maximum atomic E-state index is 10.3. The molecule has 0 amide bonds. The van der Waals surface area contributed by atoms with Crippen LogP contribution in [0, 0.1) is 5.92 Å². The first-order valence-corrected chi connectivity index (χ1v) is 6.74. The molecule has 0 bridgehead atoms. The predicted octanol–water partition coefficient (Wildman–Crippen LogP) is 2.93. The van der Waals surface area contributed by atoms with Gasteiger partial charge in [-0.05, 0) is 37.5 Å². The van der Waals surface area contributed by atoms with E-state index in [0.717, 1.165) is 37.4 Å². The van der Waals surface area contributed by atoms with E-state index in [9.17, 15) is 5.11 Å². The highest BCUT2D eigenvalue weighted by molar-refractivity contribution is 5.29. The van der Waals surface area contributed by atoms with Gasteiger partial charge in [0.25, 0.3) is 0 Å². The molecule has 1 aromatic rings. The van der Waals surface area contributed by atoms with Gasteiger partial charge in [-0.2, -0.15) is 0 Å². The van der Waals surface area contributed by atoms with Gasteiger partial charge in [0.1, 0.15) is 5.75 Å². The third kappa shape index (κ3) is 3.03. The summed E-state index contributed by atoms with van der Waals surface area (Å²) in [7, 11) is 0. The SMILES string of the molecule is CCCOc1ccc(C(O)C2CCOC2C)cc1. The number of aliphatic hydroxyl groups is 1. The molecule has 3 atom stereocenters. The van der Waals surface area contributed by atoms with Crippen LogP contribution in [-0.4, -0.2) is 24.4 Å². The van der Waals surface area contributed by atoms with Crippen molar-refractivity contribution in [2.45, 2.75) is 38.9 Å². The summed E-state index contributed by atoms with van der Waals surface area (Å²) in [6.45, 7) is 5.59. The molecule has 0 radical (unpaired) electrons. The van der Waals surface area contributed by atoms with Gasteiger partial charge in [-0.1, -0.05) is 19.1 Å². The highest BCUT2D eigenvalue weighted by Crippen LogP contribution is 2.33. The second-order valence-corrected chi connectivity index (χ2v) is 4.89. The van der Waals surface area contributed by atoms with Crippen LogP contribution in [-0.2, 0) is 4.74 Å². The minimum Gasteiger partial charge on any atom is -0.494 e. The normalized spacial score (nSPS) is 25.1. The maximum Gasteiger partial charge on any atom is 0.119 e. The smallest absolute Gasteiger partial charge is 0.119 e. The van der Waals surface area contributed by atoms with Crippen LogP contribution in [0.2, 0.25) is 0 Å². The van der Waals surface area contributed by atoms with Crippen LogP contribution in [0.3, 0.4) is 0 Å². The van der Waals surface area contributed by atoms with Crippen molar-refractivity contribution in [1.82, 2.24) is 0 Å². The predicted molar refractivity (Wildman–Crippen MR) is 70.7 cm³/mol. The van der Waals surface area contributed by atoms with Crippen LogP contribution in [0.25, 0.3) is 0 Å². The average molecular weight is 250 g/mol. The van der Waals surface area contributed by atoms with Crippen molar-refractivity contribution in [1.29, 1.82) is 0 Å². The van der Waals surface area contributed by atoms with Crippen LogP contribution in [0.4, 0.5) is 0 Å². The van der Waals surface area contributed by atoms with E-state index in [4.69, 9.17) is 9.47 Å². The van der Waals surface area contributed by atoms with Crippen LogP contribution >= 0.6 is 0 Å². The van der Waals surface area contributed by atoms with Crippen molar-refractivity contribution in [3.05, 3.63) is 29.8 Å². The van der Waals surface area contributed by atoms with Crippen molar-refractivity contribution in [2.24, 2.45) is 5.92 Å². The summed E-state index contributed by atoms with van der Waals surface area (Å²) in [4.78, 5) is 0. The molecule has 1 heterocycles. The monoisotopic (exact) mass is 250 g/mol. The van der Waals surface area contributed by atoms with Crippen LogP contribution < -0.4 is 4.74 Å². The van der Waals surface area contributed by atoms with Crippen molar-refractivity contribution >= 4 is 0 Å². The Bertz CT molecular complexity index is 361. The van der Waals surface area contributed by atoms with Gasteiger partial charge in [0.05, 0.1) is 18.8 Å². The Morgan fingerprint density at radius 3 is 2.67 bits per heavy atom. The largest absolute Gasteiger partial charge is 0.494 e. The van der Waals surface area contributed by atoms with Gasteiger partial charge in [-0.3, -0.25) is 0 Å². The molecular weight excluding hydrogens is 228 g/mol. The zero-order valence-electron chi connectivity index (χ0n) is 11.1. The average Bonchev–Trinajstić information content (AvgIpc) is 2.82. The molecule has 18 heavy (non-hydrogen) atoms. The molecule has 0 spiro atoms. The Labute approximate surface area is 109 Å². The molecular formula is C15H22O3. The molecule has 3 heteroatoms. The number of rotatable bonds is 5. The molecule has 1 fully saturated rings. The fraction of sp³-hybridized carbons (Fsp3) is 0.600. The van der Waals surface area contributed by atoms with Crippen molar-refractivity contribution in [3.8, 4) is 5.75 Å². The van der Waals surface area contributed by atoms with E-state index in [0.29, 0.717) is 0 Å². The molecule has 3 unspecified atom stereocenters. The molecule has 1 aliphatic rings. The van der Waals surface area contributed by atoms with Crippen molar-refractivity contribution in [2.75, 3.05) is 13.2 Å². The third-order valence-corrected chi connectivity index (χ3v) is 3.53. The lowest BCUT2D eigenvalue weighted by molar-refractivity contribution is 0.0431. The highest BCUT2D eigenvalue weighted by atomic mass is 16.5. The summed E-state index contributed by atoms with van der Waals surface area (Å²) in [6, 6.07) is 7.74. The number of ether oxygens (including phenoxy) is 2. The molecule has 0 saturated carbocycles. The van der Waals surface area contributed by atoms with Gasteiger partial charge in [-0.25, -0.2) is 0 Å². The fourth-order valence-corrected chi connectivity index (χ4v) is 2.39. The Kier molecular flexibility index (Phi) is 4.61. The second-order valence-electron chi connectivity index (χ2n) is 4.89. The fourth-order valence-electron chi connectivity index (χ4n) is 2.39. The van der Waals surface area contributed by atoms with Gasteiger partial charge in [0.15, 0.2) is 0 Å². The minimum absolute atomic E-state index is 0.135. The van der Waals surface area contributed by atoms with E-state index in [2.05, 4.69) is 6.92 Å². The zero-order valence-corrected chi connectivity index (χ0v) is 11.1. The number of hydrogen-bond donors (Lipinski definition) is 1. The van der Waals surface area contributed by atoms with Gasteiger partial charge in [-0.15, -0.1) is 0 Å². The summed E-state index contributed by atoms with van der Waals surface area (Å²) in [6.07, 6.45) is 1.62. The van der Waals surface area contributed by atoms with Gasteiger partial charge in [0.2, 0.25) is 0 Å². The van der Waals surface area contributed by atoms with Crippen molar-refractivity contribution in [3.63, 3.8) is 0 Å². The van der Waals surface area contributed by atoms with E-state index in [1.54, 1.807) is 0 Å². The van der Waals surface area contributed by atoms with Crippen LogP contribution in [0.15, 0.2) is 24.3 Å². The quantitative estimate of drug-likeness (QED) is 0.873. The van der Waals surface area contributed by atoms with Gasteiger partial charge >= 0.3 is 0 Å². The first kappa shape index (κ1) is 13.4. The van der Waals surface area contributed by atoms with E-state index in [1.165, 1.54) is 0 Å². The lowest BCUT2D eigenvalue weighted by Crippen LogP contribution is -2.19. The lowest BCUT2D eigenvalue weighted by atomic mass is 9.91. The Balaban J connectivity index is 2.00. The summed E-state index contributed by atoms with van der Waals surface area (Å²) in [5.74, 6) is 1.07. The van der Waals surface area contributed by atoms with Crippen LogP contribution in [0.1, 0.15) is 38.4 Å². The van der Waals surface area contributed by atoms with E-state index < -0.39 is 6.10 Å². The molecule has 3 nitrogen and oxygen atoms in total. The third-order valence-electron chi connectivity index (χ3n) is 3.53. The summed E-state index contributed by atoms with van der Waals surface area (Å²) in [5.41, 5.74) is 0.946. The maximum absolute atomic E-state index is 10.3. The van der Waals surface area contributed by atoms with Crippen LogP contribution in [0.5, 0.6) is 5.75 Å². The summed E-state index contributed by atoms with van der Waals surface area (Å²) >= 11 is 0. The number of benzene rings is 1.